The lowest BCUT2D eigenvalue weighted by atomic mass is 10.1. The fourth-order valence-corrected chi connectivity index (χ4v) is 6.04. The van der Waals surface area contributed by atoms with Gasteiger partial charge in [-0.1, -0.05) is 41.1 Å². The van der Waals surface area contributed by atoms with Crippen LogP contribution in [-0.2, 0) is 14.3 Å². The summed E-state index contributed by atoms with van der Waals surface area (Å²) in [7, 11) is 1.59. The molecule has 2 fully saturated rings. The number of ether oxygens (including phenoxy) is 2. The third kappa shape index (κ3) is 5.20. The van der Waals surface area contributed by atoms with Gasteiger partial charge in [-0.15, -0.1) is 0 Å². The van der Waals surface area contributed by atoms with Crippen LogP contribution in [0.2, 0.25) is 5.02 Å². The van der Waals surface area contributed by atoms with E-state index in [0.29, 0.717) is 34.5 Å². The number of hydrogen-bond acceptors (Lipinski definition) is 7. The number of nitrogens with zero attached hydrogens (tertiary/aromatic N) is 4. The normalized spacial score (nSPS) is 18.7. The number of para-hydroxylation sites is 1. The number of carbonyl (C=O) groups is 2. The number of aromatic nitrogens is 1. The Kier molecular flexibility index (Phi) is 7.71. The highest BCUT2D eigenvalue weighted by Crippen LogP contribution is 2.39. The zero-order valence-corrected chi connectivity index (χ0v) is 21.8. The van der Waals surface area contributed by atoms with E-state index in [1.54, 1.807) is 29.0 Å². The molecule has 3 aromatic rings. The molecule has 0 aliphatic carbocycles. The first-order valence-electron chi connectivity index (χ1n) is 12.1. The van der Waals surface area contributed by atoms with Gasteiger partial charge >= 0.3 is 0 Å². The maximum atomic E-state index is 13.9. The maximum absolute atomic E-state index is 13.9. The minimum absolute atomic E-state index is 0.0400. The Morgan fingerprint density at radius 3 is 2.75 bits per heavy atom. The molecule has 10 heteroatoms. The van der Waals surface area contributed by atoms with Crippen molar-refractivity contribution in [1.29, 1.82) is 0 Å². The van der Waals surface area contributed by atoms with Gasteiger partial charge in [0.05, 0.1) is 36.0 Å². The fraction of sp³-hybridized carbons (Fsp3) is 0.423. The molecule has 2 saturated heterocycles. The molecule has 2 amide bonds. The van der Waals surface area contributed by atoms with Gasteiger partial charge in [-0.2, -0.15) is 0 Å². The number of methoxy groups -OCH3 is 1. The molecule has 0 bridgehead atoms. The van der Waals surface area contributed by atoms with Gasteiger partial charge in [0.15, 0.2) is 5.13 Å². The van der Waals surface area contributed by atoms with Crippen LogP contribution in [0, 0.1) is 5.92 Å². The molecular weight excluding hydrogens is 500 g/mol. The second-order valence-corrected chi connectivity index (χ2v) is 10.3. The summed E-state index contributed by atoms with van der Waals surface area (Å²) in [6.07, 6.45) is 0.970. The standard InChI is InChI=1S/C26H29ClN4O4S/c1-34-21-9-8-20(27)24-23(21)28-26(36-24)30(11-5-10-29-12-14-35-15-13-29)25(33)18-16-22(32)31(17-18)19-6-3-2-4-7-19/h2-4,6-9,18H,5,10-17H2,1H3. The van der Waals surface area contributed by atoms with Crippen LogP contribution >= 0.6 is 22.9 Å². The molecule has 2 aliphatic rings. The van der Waals surface area contributed by atoms with Gasteiger partial charge < -0.3 is 14.4 Å². The molecule has 1 unspecified atom stereocenters. The van der Waals surface area contributed by atoms with Crippen molar-refractivity contribution in [3.8, 4) is 5.75 Å². The van der Waals surface area contributed by atoms with Crippen molar-refractivity contribution in [3.63, 3.8) is 0 Å². The van der Waals surface area contributed by atoms with Crippen molar-refractivity contribution in [3.05, 3.63) is 47.5 Å². The molecule has 36 heavy (non-hydrogen) atoms. The Balaban J connectivity index is 1.40. The Morgan fingerprint density at radius 1 is 1.22 bits per heavy atom. The molecule has 2 aromatic carbocycles. The van der Waals surface area contributed by atoms with Crippen molar-refractivity contribution in [2.24, 2.45) is 5.92 Å². The molecule has 0 N–H and O–H groups in total. The van der Waals surface area contributed by atoms with Crippen molar-refractivity contribution in [1.82, 2.24) is 9.88 Å². The first-order chi connectivity index (χ1) is 17.5. The summed E-state index contributed by atoms with van der Waals surface area (Å²) >= 11 is 7.85. The molecule has 1 atom stereocenters. The van der Waals surface area contributed by atoms with Crippen molar-refractivity contribution >= 4 is 55.8 Å². The Morgan fingerprint density at radius 2 is 2.00 bits per heavy atom. The van der Waals surface area contributed by atoms with Crippen LogP contribution < -0.4 is 14.5 Å². The Bertz CT molecular complexity index is 1230. The van der Waals surface area contributed by atoms with E-state index >= 15 is 0 Å². The van der Waals surface area contributed by atoms with E-state index < -0.39 is 5.92 Å². The summed E-state index contributed by atoms with van der Waals surface area (Å²) in [4.78, 5) is 37.3. The Hall–Kier alpha value is -2.72. The lowest BCUT2D eigenvalue weighted by Crippen LogP contribution is -2.41. The molecule has 2 aliphatic heterocycles. The van der Waals surface area contributed by atoms with Crippen LogP contribution in [0.5, 0.6) is 5.75 Å². The molecule has 190 valence electrons. The van der Waals surface area contributed by atoms with Crippen LogP contribution in [0.25, 0.3) is 10.2 Å². The molecule has 5 rings (SSSR count). The number of anilines is 2. The summed E-state index contributed by atoms with van der Waals surface area (Å²) < 4.78 is 11.7. The van der Waals surface area contributed by atoms with E-state index in [1.807, 2.05) is 30.3 Å². The van der Waals surface area contributed by atoms with Crippen molar-refractivity contribution in [2.75, 3.05) is 62.8 Å². The molecular formula is C26H29ClN4O4S. The number of amides is 2. The number of thiazole rings is 1. The van der Waals surface area contributed by atoms with E-state index in [0.717, 1.165) is 49.7 Å². The monoisotopic (exact) mass is 528 g/mol. The molecule has 0 spiro atoms. The highest BCUT2D eigenvalue weighted by Gasteiger charge is 2.38. The minimum atomic E-state index is -0.439. The topological polar surface area (TPSA) is 75.2 Å². The first kappa shape index (κ1) is 25.0. The van der Waals surface area contributed by atoms with E-state index in [2.05, 4.69) is 4.90 Å². The van der Waals surface area contributed by atoms with Crippen molar-refractivity contribution < 1.29 is 19.1 Å². The average molecular weight is 529 g/mol. The van der Waals surface area contributed by atoms with E-state index in [1.165, 1.54) is 11.3 Å². The summed E-state index contributed by atoms with van der Waals surface area (Å²) in [6, 6.07) is 13.1. The number of rotatable bonds is 8. The number of morpholine rings is 1. The van der Waals surface area contributed by atoms with Gasteiger partial charge in [0.25, 0.3) is 0 Å². The summed E-state index contributed by atoms with van der Waals surface area (Å²) in [6.45, 7) is 4.98. The van der Waals surface area contributed by atoms with E-state index in [9.17, 15) is 9.59 Å². The van der Waals surface area contributed by atoms with Gasteiger partial charge in [-0.3, -0.25) is 19.4 Å². The number of halogens is 1. The zero-order valence-electron chi connectivity index (χ0n) is 20.2. The molecule has 1 aromatic heterocycles. The maximum Gasteiger partial charge on any atom is 0.234 e. The third-order valence-electron chi connectivity index (χ3n) is 6.67. The second-order valence-electron chi connectivity index (χ2n) is 8.96. The number of benzene rings is 2. The molecule has 0 radical (unpaired) electrons. The first-order valence-corrected chi connectivity index (χ1v) is 13.3. The van der Waals surface area contributed by atoms with Crippen LogP contribution in [-0.4, -0.2) is 74.7 Å². The minimum Gasteiger partial charge on any atom is -0.494 e. The van der Waals surface area contributed by atoms with Gasteiger partial charge in [-0.05, 0) is 30.7 Å². The Labute approximate surface area is 219 Å². The predicted octanol–water partition coefficient (Wildman–Crippen LogP) is 4.07. The van der Waals surface area contributed by atoms with Gasteiger partial charge in [-0.25, -0.2) is 4.98 Å². The van der Waals surface area contributed by atoms with Crippen LogP contribution in [0.15, 0.2) is 42.5 Å². The van der Waals surface area contributed by atoms with Gasteiger partial charge in [0.2, 0.25) is 11.8 Å². The smallest absolute Gasteiger partial charge is 0.234 e. The molecule has 3 heterocycles. The van der Waals surface area contributed by atoms with Gasteiger partial charge in [0.1, 0.15) is 11.3 Å². The van der Waals surface area contributed by atoms with E-state index in [-0.39, 0.29) is 18.2 Å². The highest BCUT2D eigenvalue weighted by atomic mass is 35.5. The lowest BCUT2D eigenvalue weighted by molar-refractivity contribution is -0.124. The van der Waals surface area contributed by atoms with Crippen molar-refractivity contribution in [2.45, 2.75) is 12.8 Å². The largest absolute Gasteiger partial charge is 0.494 e. The number of fused-ring (bicyclic) bond motifs is 1. The summed E-state index contributed by atoms with van der Waals surface area (Å²) in [5.74, 6) is 0.0501. The number of hydrogen-bond donors (Lipinski definition) is 0. The SMILES string of the molecule is COc1ccc(Cl)c2sc(N(CCCN3CCOCC3)C(=O)C3CC(=O)N(c4ccccc4)C3)nc12. The third-order valence-corrected chi connectivity index (χ3v) is 8.20. The lowest BCUT2D eigenvalue weighted by Gasteiger charge is -2.28. The zero-order chi connectivity index (χ0) is 25.1. The van der Waals surface area contributed by atoms with Crippen LogP contribution in [0.1, 0.15) is 12.8 Å². The fourth-order valence-electron chi connectivity index (χ4n) is 4.75. The predicted molar refractivity (Wildman–Crippen MR) is 142 cm³/mol. The highest BCUT2D eigenvalue weighted by molar-refractivity contribution is 7.23. The van der Waals surface area contributed by atoms with E-state index in [4.69, 9.17) is 26.1 Å². The molecule has 0 saturated carbocycles. The summed E-state index contributed by atoms with van der Waals surface area (Å²) in [5.41, 5.74) is 1.46. The number of carbonyl (C=O) groups excluding carboxylic acids is 2. The van der Waals surface area contributed by atoms with Gasteiger partial charge in [0, 0.05) is 44.8 Å². The quantitative estimate of drug-likeness (QED) is 0.439. The van der Waals surface area contributed by atoms with Crippen LogP contribution in [0.3, 0.4) is 0 Å². The summed E-state index contributed by atoms with van der Waals surface area (Å²) in [5, 5.41) is 1.15. The second kappa shape index (κ2) is 11.1. The van der Waals surface area contributed by atoms with Crippen LogP contribution in [0.4, 0.5) is 10.8 Å². The molecule has 8 nitrogen and oxygen atoms in total. The average Bonchev–Trinajstić information content (AvgIpc) is 3.52.